The smallest absolute Gasteiger partial charge is 0.308 e. The van der Waals surface area contributed by atoms with Crippen LogP contribution in [0.4, 0.5) is 52.7 Å². The minimum absolute atomic E-state index is 0.0168. The van der Waals surface area contributed by atoms with Gasteiger partial charge in [0.05, 0.1) is 73.6 Å². The molecule has 0 spiro atoms. The lowest BCUT2D eigenvalue weighted by Crippen LogP contribution is -2.12. The van der Waals surface area contributed by atoms with Gasteiger partial charge in [-0.05, 0) is 124 Å². The second-order valence-electron chi connectivity index (χ2n) is 18.8. The quantitative estimate of drug-likeness (QED) is 0.142. The number of fused-ring (bicyclic) bond motifs is 3. The molecule has 2 aromatic heterocycles. The molecule has 0 aliphatic rings. The molecule has 0 fully saturated rings. The van der Waals surface area contributed by atoms with Crippen LogP contribution in [0.15, 0.2) is 200 Å². The Kier molecular flexibility index (Phi) is 13.1. The van der Waals surface area contributed by atoms with Crippen molar-refractivity contribution in [3.63, 3.8) is 0 Å². The number of nitrogens with zero attached hydrogens (tertiary/aromatic N) is 5. The number of alkyl halides is 12. The molecule has 0 unspecified atom stereocenters. The summed E-state index contributed by atoms with van der Waals surface area (Å²) in [7, 11) is 0. The summed E-state index contributed by atoms with van der Waals surface area (Å²) in [5.74, 6) is 0.225. The molecule has 0 aliphatic carbocycles. The van der Waals surface area contributed by atoms with Crippen molar-refractivity contribution in [1.82, 2.24) is 14.5 Å². The van der Waals surface area contributed by atoms with Gasteiger partial charge in [-0.3, -0.25) is 0 Å². The Morgan fingerprint density at radius 3 is 1.11 bits per heavy atom. The minimum atomic E-state index is -5.32. The first kappa shape index (κ1) is 53.0. The number of hydrogen-bond donors (Lipinski definition) is 0. The molecule has 11 rings (SSSR count). The van der Waals surface area contributed by atoms with E-state index in [0.29, 0.717) is 69.2 Å². The molecule has 2 heterocycles. The van der Waals surface area contributed by atoms with E-state index >= 15 is 0 Å². The molecule has 11 aromatic rings. The van der Waals surface area contributed by atoms with Crippen molar-refractivity contribution in [2.75, 3.05) is 0 Å². The first-order valence-corrected chi connectivity index (χ1v) is 24.4. The van der Waals surface area contributed by atoms with Crippen LogP contribution in [0, 0.1) is 22.7 Å². The number of halogens is 12. The molecule has 0 N–H and O–H groups in total. The number of hydrogen-bond acceptors (Lipinski definition) is 4. The largest absolute Gasteiger partial charge is 0.417 e. The Labute approximate surface area is 452 Å². The van der Waals surface area contributed by atoms with E-state index < -0.39 is 58.1 Å². The van der Waals surface area contributed by atoms with Gasteiger partial charge in [0.25, 0.3) is 0 Å². The molecule has 0 amide bonds. The van der Waals surface area contributed by atoms with Crippen molar-refractivity contribution in [3.05, 3.63) is 234 Å². The van der Waals surface area contributed by atoms with Gasteiger partial charge in [-0.15, -0.1) is 0 Å². The zero-order valence-electron chi connectivity index (χ0n) is 41.3. The standard InChI is InChI=1S/C64H33F12N5/c65-61(66,67)45-19-21-47(53(31-45)63(71,72)73)42-17-23-57-51(27-42)52-28-43(48-22-20-46(62(68,69)70)32-54(48)64(74,75)76)18-24-58(52)81(57)59-49(40-15-7-9-36(25-40)34-77)29-44(30-50(59)41-16-8-10-37(26-41)35-78)60-79-55(38-11-3-1-4-12-38)33-56(80-60)39-13-5-2-6-14-39/h1-33H. The summed E-state index contributed by atoms with van der Waals surface area (Å²) >= 11 is 0. The normalized spacial score (nSPS) is 12.2. The molecule has 9 aromatic carbocycles. The van der Waals surface area contributed by atoms with E-state index in [1.165, 1.54) is 36.4 Å². The molecule has 398 valence electrons. The van der Waals surface area contributed by atoms with Gasteiger partial charge in [0.1, 0.15) is 0 Å². The van der Waals surface area contributed by atoms with Gasteiger partial charge < -0.3 is 4.57 Å². The van der Waals surface area contributed by atoms with Gasteiger partial charge in [0.15, 0.2) is 5.82 Å². The number of aromatic nitrogens is 3. The summed E-state index contributed by atoms with van der Waals surface area (Å²) < 4.78 is 175. The topological polar surface area (TPSA) is 78.3 Å². The van der Waals surface area contributed by atoms with Crippen LogP contribution in [0.25, 0.3) is 106 Å². The molecular formula is C64H33F12N5. The molecular weight excluding hydrogens is 1070 g/mol. The summed E-state index contributed by atoms with van der Waals surface area (Å²) in [4.78, 5) is 10.2. The summed E-state index contributed by atoms with van der Waals surface area (Å²) in [6.45, 7) is 0. The van der Waals surface area contributed by atoms with Crippen molar-refractivity contribution in [2.24, 2.45) is 0 Å². The lowest BCUT2D eigenvalue weighted by atomic mass is 9.91. The van der Waals surface area contributed by atoms with E-state index in [-0.39, 0.29) is 62.0 Å². The fourth-order valence-corrected chi connectivity index (χ4v) is 10.1. The summed E-state index contributed by atoms with van der Waals surface area (Å²) in [6.07, 6.45) is -21.0. The predicted molar refractivity (Wildman–Crippen MR) is 284 cm³/mol. The predicted octanol–water partition coefficient (Wildman–Crippen LogP) is 19.1. The van der Waals surface area contributed by atoms with E-state index in [0.717, 1.165) is 11.1 Å². The number of nitriles is 2. The average molecular weight is 1100 g/mol. The van der Waals surface area contributed by atoms with Crippen LogP contribution in [0.2, 0.25) is 0 Å². The minimum Gasteiger partial charge on any atom is -0.308 e. The number of benzene rings is 9. The van der Waals surface area contributed by atoms with Crippen molar-refractivity contribution < 1.29 is 52.7 Å². The first-order valence-electron chi connectivity index (χ1n) is 24.4. The maximum absolute atomic E-state index is 14.9. The molecule has 81 heavy (non-hydrogen) atoms. The van der Waals surface area contributed by atoms with Gasteiger partial charge in [-0.2, -0.15) is 63.2 Å². The van der Waals surface area contributed by atoms with Crippen LogP contribution in [0.5, 0.6) is 0 Å². The highest BCUT2D eigenvalue weighted by Gasteiger charge is 2.40. The highest BCUT2D eigenvalue weighted by molar-refractivity contribution is 6.13. The van der Waals surface area contributed by atoms with Crippen LogP contribution in [-0.4, -0.2) is 14.5 Å². The molecule has 0 atom stereocenters. The van der Waals surface area contributed by atoms with Gasteiger partial charge in [0, 0.05) is 38.6 Å². The second kappa shape index (κ2) is 20.0. The van der Waals surface area contributed by atoms with Crippen molar-refractivity contribution >= 4 is 21.8 Å². The zero-order valence-corrected chi connectivity index (χ0v) is 41.3. The lowest BCUT2D eigenvalue weighted by molar-refractivity contribution is -0.144. The third-order valence-corrected chi connectivity index (χ3v) is 13.8. The summed E-state index contributed by atoms with van der Waals surface area (Å²) in [5, 5.41) is 20.7. The molecule has 0 aliphatic heterocycles. The SMILES string of the molecule is N#Cc1cccc(-c2cc(-c3nc(-c4ccccc4)cc(-c4ccccc4)n3)cc(-c3cccc(C#N)c3)c2-n2c3ccc(-c4ccc(C(F)(F)F)cc4C(F)(F)F)cc3c3cc(-c4ccc(C(F)(F)F)cc4C(F)(F)F)ccc32)c1. The van der Waals surface area contributed by atoms with Crippen LogP contribution >= 0.6 is 0 Å². The third kappa shape index (κ3) is 10.2. The Morgan fingerprint density at radius 2 is 0.728 bits per heavy atom. The van der Waals surface area contributed by atoms with E-state index in [1.54, 1.807) is 65.2 Å². The Morgan fingerprint density at radius 1 is 0.333 bits per heavy atom. The molecule has 0 radical (unpaired) electrons. The van der Waals surface area contributed by atoms with Crippen molar-refractivity contribution in [2.45, 2.75) is 24.7 Å². The fraction of sp³-hybridized carbons (Fsp3) is 0.0625. The van der Waals surface area contributed by atoms with Gasteiger partial charge in [-0.25, -0.2) is 9.97 Å². The molecule has 0 bridgehead atoms. The van der Waals surface area contributed by atoms with Gasteiger partial charge in [-0.1, -0.05) is 109 Å². The highest BCUT2D eigenvalue weighted by Crippen LogP contribution is 2.49. The van der Waals surface area contributed by atoms with E-state index in [2.05, 4.69) is 12.1 Å². The Bertz CT molecular complexity index is 4100. The van der Waals surface area contributed by atoms with Gasteiger partial charge in [0.2, 0.25) is 0 Å². The monoisotopic (exact) mass is 1100 g/mol. The van der Waals surface area contributed by atoms with Gasteiger partial charge >= 0.3 is 24.7 Å². The van der Waals surface area contributed by atoms with E-state index in [1.807, 2.05) is 66.7 Å². The van der Waals surface area contributed by atoms with Crippen LogP contribution in [0.1, 0.15) is 33.4 Å². The van der Waals surface area contributed by atoms with Crippen LogP contribution in [-0.2, 0) is 24.7 Å². The molecule has 0 saturated carbocycles. The van der Waals surface area contributed by atoms with Crippen molar-refractivity contribution in [1.29, 1.82) is 10.5 Å². The summed E-state index contributed by atoms with van der Waals surface area (Å²) in [5.41, 5.74) is -2.56. The van der Waals surface area contributed by atoms with Crippen LogP contribution in [0.3, 0.4) is 0 Å². The lowest BCUT2D eigenvalue weighted by Gasteiger charge is -2.22. The highest BCUT2D eigenvalue weighted by atomic mass is 19.4. The zero-order chi connectivity index (χ0) is 57.2. The maximum Gasteiger partial charge on any atom is 0.417 e. The van der Waals surface area contributed by atoms with E-state index in [4.69, 9.17) is 9.97 Å². The Balaban J connectivity index is 1.28. The average Bonchev–Trinajstić information content (AvgIpc) is 3.01. The van der Waals surface area contributed by atoms with E-state index in [9.17, 15) is 63.2 Å². The molecule has 0 saturated heterocycles. The first-order chi connectivity index (χ1) is 38.6. The molecule has 17 heteroatoms. The Hall–Kier alpha value is -10.0. The van der Waals surface area contributed by atoms with Crippen LogP contribution < -0.4 is 0 Å². The third-order valence-electron chi connectivity index (χ3n) is 13.8. The summed E-state index contributed by atoms with van der Waals surface area (Å²) in [6, 6.07) is 51.4. The second-order valence-corrected chi connectivity index (χ2v) is 18.8. The fourth-order valence-electron chi connectivity index (χ4n) is 10.1. The van der Waals surface area contributed by atoms with Crippen molar-refractivity contribution in [3.8, 4) is 96.2 Å². The molecule has 5 nitrogen and oxygen atoms in total. The maximum atomic E-state index is 14.9. The number of rotatable bonds is 8.